The van der Waals surface area contributed by atoms with Gasteiger partial charge in [0, 0.05) is 28.8 Å². The third-order valence-electron chi connectivity index (χ3n) is 4.31. The Labute approximate surface area is 169 Å². The molecular formula is C20H25ClN2O5. The molecule has 1 heterocycles. The fourth-order valence-electron chi connectivity index (χ4n) is 3.19. The highest BCUT2D eigenvalue weighted by molar-refractivity contribution is 6.31. The minimum atomic E-state index is -0.787. The van der Waals surface area contributed by atoms with Crippen LogP contribution in [-0.4, -0.2) is 49.8 Å². The van der Waals surface area contributed by atoms with Crippen LogP contribution in [0.3, 0.4) is 0 Å². The van der Waals surface area contributed by atoms with Gasteiger partial charge in [0.2, 0.25) is 0 Å². The molecule has 0 fully saturated rings. The zero-order valence-electron chi connectivity index (χ0n) is 16.0. The van der Waals surface area contributed by atoms with Crippen LogP contribution in [0.25, 0.3) is 0 Å². The van der Waals surface area contributed by atoms with Crippen LogP contribution >= 0.6 is 11.6 Å². The zero-order valence-corrected chi connectivity index (χ0v) is 16.7. The molecule has 0 spiro atoms. The van der Waals surface area contributed by atoms with Gasteiger partial charge in [-0.25, -0.2) is 4.79 Å². The van der Waals surface area contributed by atoms with E-state index < -0.39 is 24.3 Å². The molecule has 1 aliphatic heterocycles. The molecule has 0 aliphatic carbocycles. The number of allylic oxidation sites excluding steroid dienone is 1. The summed E-state index contributed by atoms with van der Waals surface area (Å²) in [6, 6.07) is 6.96. The van der Waals surface area contributed by atoms with Crippen molar-refractivity contribution in [3.05, 3.63) is 57.4 Å². The van der Waals surface area contributed by atoms with Crippen LogP contribution < -0.4 is 11.1 Å². The molecule has 2 rings (SSSR count). The standard InChI is InChI=1S/C20H25ClN2O5/c1-3-28-20(26)19-15(11-27-9-8-22)23-12(2)17(16(25)10-24)18(19)13-6-4-5-7-14(13)21/h4-7,18,23-24H,3,8-11,22H2,1-2H3. The highest BCUT2D eigenvalue weighted by atomic mass is 35.5. The number of carbonyl (C=O) groups excluding carboxylic acids is 2. The molecule has 0 bridgehead atoms. The summed E-state index contributed by atoms with van der Waals surface area (Å²) < 4.78 is 10.8. The molecule has 1 aliphatic rings. The zero-order chi connectivity index (χ0) is 20.7. The van der Waals surface area contributed by atoms with Crippen molar-refractivity contribution < 1.29 is 24.2 Å². The van der Waals surface area contributed by atoms with Crippen molar-refractivity contribution in [3.8, 4) is 0 Å². The van der Waals surface area contributed by atoms with Crippen molar-refractivity contribution in [1.82, 2.24) is 5.32 Å². The van der Waals surface area contributed by atoms with Gasteiger partial charge in [-0.3, -0.25) is 4.79 Å². The van der Waals surface area contributed by atoms with Crippen LogP contribution in [0.15, 0.2) is 46.8 Å². The van der Waals surface area contributed by atoms with Gasteiger partial charge in [-0.05, 0) is 25.5 Å². The smallest absolute Gasteiger partial charge is 0.336 e. The second kappa shape index (κ2) is 10.4. The van der Waals surface area contributed by atoms with E-state index in [0.29, 0.717) is 35.1 Å². The maximum Gasteiger partial charge on any atom is 0.336 e. The molecule has 1 aromatic carbocycles. The highest BCUT2D eigenvalue weighted by Gasteiger charge is 2.38. The number of esters is 1. The van der Waals surface area contributed by atoms with Gasteiger partial charge >= 0.3 is 5.97 Å². The molecule has 0 saturated heterocycles. The number of hydrogen-bond acceptors (Lipinski definition) is 7. The molecule has 152 valence electrons. The van der Waals surface area contributed by atoms with Gasteiger partial charge in [-0.2, -0.15) is 0 Å². The second-order valence-electron chi connectivity index (χ2n) is 6.15. The van der Waals surface area contributed by atoms with Crippen molar-refractivity contribution in [1.29, 1.82) is 0 Å². The second-order valence-corrected chi connectivity index (χ2v) is 6.56. The molecule has 1 atom stereocenters. The van der Waals surface area contributed by atoms with Crippen molar-refractivity contribution in [2.24, 2.45) is 5.73 Å². The lowest BCUT2D eigenvalue weighted by molar-refractivity contribution is -0.139. The summed E-state index contributed by atoms with van der Waals surface area (Å²) >= 11 is 6.40. The first kappa shape index (κ1) is 22.1. The molecule has 1 aromatic rings. The number of carbonyl (C=O) groups is 2. The average Bonchev–Trinajstić information content (AvgIpc) is 2.67. The van der Waals surface area contributed by atoms with E-state index in [-0.39, 0.29) is 24.4 Å². The Morgan fingerprint density at radius 1 is 1.29 bits per heavy atom. The molecular weight excluding hydrogens is 384 g/mol. The van der Waals surface area contributed by atoms with Crippen LogP contribution in [-0.2, 0) is 19.1 Å². The van der Waals surface area contributed by atoms with Gasteiger partial charge in [0.25, 0.3) is 0 Å². The predicted octanol–water partition coefficient (Wildman–Crippen LogP) is 1.65. The fraction of sp³-hybridized carbons (Fsp3) is 0.400. The maximum absolute atomic E-state index is 12.9. The first-order valence-electron chi connectivity index (χ1n) is 9.00. The fourth-order valence-corrected chi connectivity index (χ4v) is 3.44. The Hall–Kier alpha value is -2.19. The van der Waals surface area contributed by atoms with Crippen molar-refractivity contribution in [3.63, 3.8) is 0 Å². The van der Waals surface area contributed by atoms with E-state index in [4.69, 9.17) is 26.8 Å². The first-order valence-corrected chi connectivity index (χ1v) is 9.38. The summed E-state index contributed by atoms with van der Waals surface area (Å²) in [6.45, 7) is 3.61. The molecule has 1 unspecified atom stereocenters. The summed E-state index contributed by atoms with van der Waals surface area (Å²) in [5.74, 6) is -1.87. The Balaban J connectivity index is 2.67. The van der Waals surface area contributed by atoms with Crippen molar-refractivity contribution in [2.45, 2.75) is 19.8 Å². The Morgan fingerprint density at radius 2 is 2.00 bits per heavy atom. The molecule has 4 N–H and O–H groups in total. The number of dihydropyridines is 1. The summed E-state index contributed by atoms with van der Waals surface area (Å²) in [7, 11) is 0. The molecule has 8 heteroatoms. The van der Waals surface area contributed by atoms with Crippen molar-refractivity contribution in [2.75, 3.05) is 33.0 Å². The van der Waals surface area contributed by atoms with Crippen LogP contribution in [0.4, 0.5) is 0 Å². The number of rotatable bonds is 9. The van der Waals surface area contributed by atoms with Crippen LogP contribution in [0, 0.1) is 0 Å². The molecule has 7 nitrogen and oxygen atoms in total. The summed E-state index contributed by atoms with van der Waals surface area (Å²) in [5.41, 5.74) is 7.54. The van der Waals surface area contributed by atoms with Gasteiger partial charge in [-0.1, -0.05) is 29.8 Å². The molecule has 0 radical (unpaired) electrons. The summed E-state index contributed by atoms with van der Waals surface area (Å²) in [5, 5.41) is 13.0. The molecule has 0 saturated carbocycles. The lowest BCUT2D eigenvalue weighted by Crippen LogP contribution is -2.35. The number of benzene rings is 1. The third kappa shape index (κ3) is 4.80. The number of hydrogen-bond donors (Lipinski definition) is 3. The van der Waals surface area contributed by atoms with E-state index in [1.807, 2.05) is 0 Å². The lowest BCUT2D eigenvalue weighted by Gasteiger charge is -2.32. The maximum atomic E-state index is 12.9. The van der Waals surface area contributed by atoms with E-state index in [0.717, 1.165) is 0 Å². The number of aliphatic hydroxyl groups excluding tert-OH is 1. The largest absolute Gasteiger partial charge is 0.463 e. The number of nitrogens with one attached hydrogen (secondary N) is 1. The van der Waals surface area contributed by atoms with E-state index in [1.54, 1.807) is 38.1 Å². The molecule has 28 heavy (non-hydrogen) atoms. The topological polar surface area (TPSA) is 111 Å². The van der Waals surface area contributed by atoms with Gasteiger partial charge < -0.3 is 25.6 Å². The monoisotopic (exact) mass is 408 g/mol. The van der Waals surface area contributed by atoms with E-state index in [2.05, 4.69) is 5.32 Å². The van der Waals surface area contributed by atoms with Crippen LogP contribution in [0.1, 0.15) is 25.3 Å². The molecule has 0 aromatic heterocycles. The van der Waals surface area contributed by atoms with E-state index >= 15 is 0 Å². The average molecular weight is 409 g/mol. The summed E-state index contributed by atoms with van der Waals surface area (Å²) in [4.78, 5) is 25.4. The number of halogens is 1. The minimum Gasteiger partial charge on any atom is -0.463 e. The quantitative estimate of drug-likeness (QED) is 0.421. The van der Waals surface area contributed by atoms with E-state index in [1.165, 1.54) is 0 Å². The SMILES string of the molecule is CCOC(=O)C1=C(COCCN)NC(C)=C(C(=O)CO)C1c1ccccc1Cl. The van der Waals surface area contributed by atoms with Crippen molar-refractivity contribution >= 4 is 23.4 Å². The minimum absolute atomic E-state index is 0.0875. The van der Waals surface area contributed by atoms with Gasteiger partial charge in [0.15, 0.2) is 5.78 Å². The summed E-state index contributed by atoms with van der Waals surface area (Å²) in [6.07, 6.45) is 0. The molecule has 0 amide bonds. The normalized spacial score (nSPS) is 16.8. The number of ether oxygens (including phenoxy) is 2. The Morgan fingerprint density at radius 3 is 2.61 bits per heavy atom. The van der Waals surface area contributed by atoms with Crippen LogP contribution in [0.5, 0.6) is 0 Å². The van der Waals surface area contributed by atoms with Gasteiger partial charge in [-0.15, -0.1) is 0 Å². The Kier molecular flexibility index (Phi) is 8.19. The first-order chi connectivity index (χ1) is 13.5. The van der Waals surface area contributed by atoms with Gasteiger partial charge in [0.05, 0.1) is 31.1 Å². The number of aliphatic hydroxyl groups is 1. The number of Topliss-reactive ketones (excluding diaryl/α,β-unsaturated/α-hetero) is 1. The van der Waals surface area contributed by atoms with E-state index in [9.17, 15) is 14.7 Å². The third-order valence-corrected chi connectivity index (χ3v) is 4.65. The number of ketones is 1. The van der Waals surface area contributed by atoms with Crippen LogP contribution in [0.2, 0.25) is 5.02 Å². The lowest BCUT2D eigenvalue weighted by atomic mass is 9.78. The Bertz CT molecular complexity index is 804. The predicted molar refractivity (Wildman–Crippen MR) is 106 cm³/mol. The number of nitrogens with two attached hydrogens (primary N) is 1. The van der Waals surface area contributed by atoms with Gasteiger partial charge in [0.1, 0.15) is 6.61 Å². The highest BCUT2D eigenvalue weighted by Crippen LogP contribution is 2.41.